The minimum Gasteiger partial charge on any atom is -0.466 e. The van der Waals surface area contributed by atoms with E-state index in [1.807, 2.05) is 0 Å². The molecule has 736 valence electrons. The van der Waals surface area contributed by atoms with Crippen molar-refractivity contribution in [2.75, 3.05) is 112 Å². The van der Waals surface area contributed by atoms with Crippen LogP contribution in [0, 0.1) is 0 Å². The van der Waals surface area contributed by atoms with Crippen molar-refractivity contribution < 1.29 is 158 Å². The van der Waals surface area contributed by atoms with Crippen molar-refractivity contribution in [1.82, 2.24) is 0 Å². The molecule has 0 unspecified atom stereocenters. The number of carbonyl (C=O) groups is 16. The molecule has 0 saturated heterocycles. The van der Waals surface area contributed by atoms with Gasteiger partial charge in [0, 0.05) is 109 Å². The molecule has 0 aromatic carbocycles. The molecule has 0 aliphatic carbocycles. The molecule has 0 saturated carbocycles. The van der Waals surface area contributed by atoms with Crippen molar-refractivity contribution >= 4 is 95.5 Å². The Morgan fingerprint density at radius 1 is 0.141 bits per heavy atom. The van der Waals surface area contributed by atoms with Gasteiger partial charge >= 0.3 is 95.5 Å². The summed E-state index contributed by atoms with van der Waals surface area (Å²) in [4.78, 5) is 192. The van der Waals surface area contributed by atoms with Gasteiger partial charge in [-0.1, -0.05) is 13.0 Å². The van der Waals surface area contributed by atoms with Crippen molar-refractivity contribution in [1.29, 1.82) is 0 Å². The summed E-state index contributed by atoms with van der Waals surface area (Å²) in [5.74, 6) is -4.98. The number of esters is 16. The molecule has 0 aliphatic heterocycles. The molecule has 0 atom stereocenters. The fourth-order valence-electron chi connectivity index (χ4n) is 12.3. The SMILES string of the molecule is C=CC(=O)OCCOC(=O)CCCCCOC(=O)CCCCCOC(=O)CCCCCOC(=O)CCCCCOC(=O)CCCCCOC(=O)CCCCCOC(=O)CCCCCOC(=O)CCCCCOC(=O)CCCCCOC(=O)CCCCCOC(=O)CCCCCOC(=O)CCCCCOC(=O)CCCCCOC(=O)CCCCCOC(=O)CCCCCO. The van der Waals surface area contributed by atoms with Gasteiger partial charge < -0.3 is 80.9 Å². The number of rotatable bonds is 93. The summed E-state index contributed by atoms with van der Waals surface area (Å²) in [5.41, 5.74) is 0. The van der Waals surface area contributed by atoms with Gasteiger partial charge in [-0.2, -0.15) is 0 Å². The summed E-state index contributed by atoms with van der Waals surface area (Å²) >= 11 is 0. The molecule has 0 aliphatic rings. The maximum atomic E-state index is 12.2. The lowest BCUT2D eigenvalue weighted by atomic mass is 10.2. The Kier molecular flexibility index (Phi) is 85.3. The molecule has 0 radical (unpaired) electrons. The molecule has 128 heavy (non-hydrogen) atoms. The Hall–Kier alpha value is -8.78. The van der Waals surface area contributed by atoms with Crippen molar-refractivity contribution in [2.45, 2.75) is 385 Å². The summed E-state index contributed by atoms with van der Waals surface area (Å²) in [7, 11) is 0. The molecule has 1 N–H and O–H groups in total. The van der Waals surface area contributed by atoms with E-state index in [2.05, 4.69) is 6.58 Å². The largest absolute Gasteiger partial charge is 0.466 e. The molecule has 0 spiro atoms. The first-order valence-electron chi connectivity index (χ1n) is 48.0. The summed E-state index contributed by atoms with van der Waals surface area (Å²) in [6.45, 7) is 7.24. The number of hydrogen-bond acceptors (Lipinski definition) is 33. The standard InChI is InChI=1S/C95H158O33/c1-2-80(97)127-78-79-128-95(112)62-32-17-47-77-126-94(111)61-31-16-46-76-125-93(110)60-30-15-45-75-124-92(109)59-29-14-44-74-123-91(108)58-28-13-43-73-122-90(107)57-27-12-42-72-121-89(106)56-26-11-41-71-120-88(105)55-25-10-40-70-119-87(104)54-24-9-39-69-118-86(103)53-23-8-38-68-117-85(102)52-22-7-37-67-116-84(101)51-21-6-36-66-115-83(100)50-20-5-35-65-114-82(99)49-19-4-34-64-113-81(98)48-18-3-33-63-96/h2,96H,1,3-79H2. The Morgan fingerprint density at radius 2 is 0.242 bits per heavy atom. The van der Waals surface area contributed by atoms with Crippen LogP contribution in [0.5, 0.6) is 0 Å². The quantitative estimate of drug-likeness (QED) is 0.0256. The average molecular weight is 1830 g/mol. The van der Waals surface area contributed by atoms with Crippen LogP contribution in [0.4, 0.5) is 0 Å². The summed E-state index contributed by atoms with van der Waals surface area (Å²) in [6.07, 6.45) is 34.7. The molecule has 0 rings (SSSR count). The average Bonchev–Trinajstić information content (AvgIpc) is 1.03. The van der Waals surface area contributed by atoms with E-state index in [1.165, 1.54) is 0 Å². The highest BCUT2D eigenvalue weighted by atomic mass is 16.6. The van der Waals surface area contributed by atoms with Gasteiger partial charge in [0.1, 0.15) is 13.2 Å². The number of aliphatic hydroxyl groups is 1. The van der Waals surface area contributed by atoms with Crippen LogP contribution >= 0.6 is 0 Å². The first kappa shape index (κ1) is 119. The van der Waals surface area contributed by atoms with Gasteiger partial charge in [0.15, 0.2) is 0 Å². The predicted molar refractivity (Wildman–Crippen MR) is 470 cm³/mol. The third-order valence-electron chi connectivity index (χ3n) is 19.8. The molecular weight excluding hydrogens is 1670 g/mol. The molecule has 0 amide bonds. The smallest absolute Gasteiger partial charge is 0.330 e. The summed E-state index contributed by atoms with van der Waals surface area (Å²) in [5, 5.41) is 8.78. The number of ether oxygens (including phenoxy) is 16. The van der Waals surface area contributed by atoms with Gasteiger partial charge in [0.05, 0.1) is 92.5 Å². The maximum absolute atomic E-state index is 12.2. The number of unbranched alkanes of at least 4 members (excludes halogenated alkanes) is 30. The Bertz CT molecular complexity index is 2860. The van der Waals surface area contributed by atoms with E-state index in [0.29, 0.717) is 296 Å². The van der Waals surface area contributed by atoms with E-state index in [9.17, 15) is 76.7 Å². The fourth-order valence-corrected chi connectivity index (χ4v) is 12.3. The second-order valence-electron chi connectivity index (χ2n) is 31.6. The minimum absolute atomic E-state index is 0.0156. The van der Waals surface area contributed by atoms with Crippen LogP contribution in [0.25, 0.3) is 0 Å². The van der Waals surface area contributed by atoms with Gasteiger partial charge in [-0.3, -0.25) is 71.9 Å². The normalized spacial score (nSPS) is 10.8. The Morgan fingerprint density at radius 3 is 0.352 bits per heavy atom. The third-order valence-corrected chi connectivity index (χ3v) is 19.8. The molecular formula is C95H158O33. The fraction of sp³-hybridized carbons (Fsp3) is 0.811. The highest BCUT2D eigenvalue weighted by molar-refractivity contribution is 5.81. The van der Waals surface area contributed by atoms with Crippen molar-refractivity contribution in [3.63, 3.8) is 0 Å². The topological polar surface area (TPSA) is 441 Å². The van der Waals surface area contributed by atoms with Crippen molar-refractivity contribution in [3.8, 4) is 0 Å². The van der Waals surface area contributed by atoms with Gasteiger partial charge in [0.25, 0.3) is 0 Å². The highest BCUT2D eigenvalue weighted by Gasteiger charge is 2.16. The minimum atomic E-state index is -0.581. The summed E-state index contributed by atoms with van der Waals surface area (Å²) < 4.78 is 83.7. The van der Waals surface area contributed by atoms with Crippen LogP contribution in [0.1, 0.15) is 385 Å². The lowest BCUT2D eigenvalue weighted by molar-refractivity contribution is -0.149. The lowest BCUT2D eigenvalue weighted by Crippen LogP contribution is -2.12. The van der Waals surface area contributed by atoms with Crippen LogP contribution in [-0.2, 0) is 153 Å². The Balaban J connectivity index is 3.54. The number of hydrogen-bond donors (Lipinski definition) is 1. The van der Waals surface area contributed by atoms with E-state index in [-0.39, 0.29) is 272 Å². The molecule has 0 bridgehead atoms. The monoisotopic (exact) mass is 1830 g/mol. The van der Waals surface area contributed by atoms with Crippen molar-refractivity contribution in [2.24, 2.45) is 0 Å². The first-order valence-corrected chi connectivity index (χ1v) is 48.0. The first-order chi connectivity index (χ1) is 62.2. The van der Waals surface area contributed by atoms with Crippen LogP contribution in [-0.4, -0.2) is 213 Å². The molecule has 33 nitrogen and oxygen atoms in total. The molecule has 0 aromatic rings. The second kappa shape index (κ2) is 91.5. The number of aliphatic hydroxyl groups excluding tert-OH is 1. The maximum Gasteiger partial charge on any atom is 0.330 e. The molecule has 33 heteroatoms. The van der Waals surface area contributed by atoms with Gasteiger partial charge in [-0.15, -0.1) is 0 Å². The van der Waals surface area contributed by atoms with E-state index >= 15 is 0 Å². The predicted octanol–water partition coefficient (Wildman–Crippen LogP) is 16.3. The second-order valence-corrected chi connectivity index (χ2v) is 31.6. The third kappa shape index (κ3) is 90.6. The van der Waals surface area contributed by atoms with Crippen LogP contribution < -0.4 is 0 Å². The van der Waals surface area contributed by atoms with Crippen LogP contribution in [0.3, 0.4) is 0 Å². The molecule has 0 aromatic heterocycles. The molecule has 0 heterocycles. The van der Waals surface area contributed by atoms with Gasteiger partial charge in [0.2, 0.25) is 0 Å². The zero-order valence-corrected chi connectivity index (χ0v) is 77.2. The Labute approximate surface area is 760 Å². The van der Waals surface area contributed by atoms with Crippen molar-refractivity contribution in [3.05, 3.63) is 12.7 Å². The zero-order chi connectivity index (χ0) is 93.7. The van der Waals surface area contributed by atoms with Crippen LogP contribution in [0.2, 0.25) is 0 Å². The summed E-state index contributed by atoms with van der Waals surface area (Å²) in [6, 6.07) is 0. The number of carbonyl (C=O) groups excluding carboxylic acids is 16. The van der Waals surface area contributed by atoms with E-state index in [1.54, 1.807) is 0 Å². The van der Waals surface area contributed by atoms with E-state index in [4.69, 9.17) is 80.9 Å². The van der Waals surface area contributed by atoms with Crippen LogP contribution in [0.15, 0.2) is 12.7 Å². The van der Waals surface area contributed by atoms with Gasteiger partial charge in [-0.25, -0.2) is 4.79 Å². The highest BCUT2D eigenvalue weighted by Crippen LogP contribution is 2.16. The molecule has 0 fully saturated rings. The zero-order valence-electron chi connectivity index (χ0n) is 77.2. The van der Waals surface area contributed by atoms with E-state index < -0.39 is 5.97 Å². The van der Waals surface area contributed by atoms with Gasteiger partial charge in [-0.05, 0) is 283 Å². The lowest BCUT2D eigenvalue weighted by Gasteiger charge is -2.07. The van der Waals surface area contributed by atoms with E-state index in [0.717, 1.165) is 25.3 Å².